The van der Waals surface area contributed by atoms with E-state index in [1.165, 1.54) is 0 Å². The molecule has 0 aliphatic heterocycles. The highest BCUT2D eigenvalue weighted by atomic mass is 16.6. The second-order valence-corrected chi connectivity index (χ2v) is 15.8. The lowest BCUT2D eigenvalue weighted by atomic mass is 9.39. The first kappa shape index (κ1) is 46.3. The average molecular weight is 719 g/mol. The molecule has 0 saturated heterocycles. The molecule has 2 atom stereocenters. The fourth-order valence-corrected chi connectivity index (χ4v) is 8.74. The standard InChI is InChI=1S/C34H62N4O12/c1-30(2,3)34(31(4,5)6,32(7,8)9)33(10,11)50-29(47)36-17-19-49-21-20-48-18-16-35-24(39)14-12-22(26(42)43)37-28(46)38-23(27(44)45)13-15-25(40)41/h22-23H,12-21H2,1-11H3,(H,35,39)(H,36,47)(H,40,41)(H,42,43)(H,44,45)(H2,37,38,46)/t22-,23-/m0/s1. The number of rotatable bonds is 21. The topological polar surface area (TPSA) is 239 Å². The summed E-state index contributed by atoms with van der Waals surface area (Å²) < 4.78 is 17.1. The minimum Gasteiger partial charge on any atom is -0.481 e. The molecule has 0 aromatic carbocycles. The van der Waals surface area contributed by atoms with Crippen molar-refractivity contribution in [1.82, 2.24) is 21.3 Å². The summed E-state index contributed by atoms with van der Waals surface area (Å²) in [4.78, 5) is 70.5. The van der Waals surface area contributed by atoms with Gasteiger partial charge in [0.2, 0.25) is 5.91 Å². The first-order valence-electron chi connectivity index (χ1n) is 16.8. The van der Waals surface area contributed by atoms with Crippen LogP contribution in [0, 0.1) is 21.7 Å². The molecule has 4 amide bonds. The van der Waals surface area contributed by atoms with E-state index in [9.17, 15) is 33.9 Å². The highest BCUT2D eigenvalue weighted by Crippen LogP contribution is 2.67. The minimum atomic E-state index is -1.53. The molecule has 0 heterocycles. The second kappa shape index (κ2) is 19.7. The number of hydrogen-bond acceptors (Lipinski definition) is 9. The summed E-state index contributed by atoms with van der Waals surface area (Å²) in [5.74, 6) is -4.66. The molecule has 290 valence electrons. The van der Waals surface area contributed by atoms with Crippen molar-refractivity contribution < 1.29 is 58.3 Å². The first-order chi connectivity index (χ1) is 22.7. The van der Waals surface area contributed by atoms with Gasteiger partial charge in [0.05, 0.1) is 26.4 Å². The number of nitrogens with one attached hydrogen (secondary N) is 4. The Morgan fingerprint density at radius 3 is 1.36 bits per heavy atom. The van der Waals surface area contributed by atoms with E-state index < -0.39 is 71.9 Å². The van der Waals surface area contributed by atoms with Crippen LogP contribution in [-0.4, -0.2) is 108 Å². The van der Waals surface area contributed by atoms with Gasteiger partial charge in [0.1, 0.15) is 17.7 Å². The molecule has 7 N–H and O–H groups in total. The summed E-state index contributed by atoms with van der Waals surface area (Å²) in [5.41, 5.74) is -1.85. The molecule has 0 aromatic heterocycles. The Kier molecular flexibility index (Phi) is 18.2. The Morgan fingerprint density at radius 1 is 0.580 bits per heavy atom. The summed E-state index contributed by atoms with van der Waals surface area (Å²) in [6, 6.07) is -4.14. The van der Waals surface area contributed by atoms with Gasteiger partial charge in [-0.25, -0.2) is 19.2 Å². The van der Waals surface area contributed by atoms with Gasteiger partial charge in [-0.3, -0.25) is 9.59 Å². The maximum absolute atomic E-state index is 12.9. The van der Waals surface area contributed by atoms with E-state index in [0.29, 0.717) is 0 Å². The maximum Gasteiger partial charge on any atom is 0.407 e. The van der Waals surface area contributed by atoms with Crippen LogP contribution in [0.2, 0.25) is 0 Å². The van der Waals surface area contributed by atoms with Crippen molar-refractivity contribution in [2.24, 2.45) is 21.7 Å². The van der Waals surface area contributed by atoms with Crippen molar-refractivity contribution in [1.29, 1.82) is 0 Å². The molecule has 0 unspecified atom stereocenters. The number of aliphatic carboxylic acids is 3. The van der Waals surface area contributed by atoms with E-state index in [0.717, 1.165) is 0 Å². The van der Waals surface area contributed by atoms with E-state index in [1.54, 1.807) is 0 Å². The van der Waals surface area contributed by atoms with Gasteiger partial charge in [0.25, 0.3) is 0 Å². The molecule has 16 nitrogen and oxygen atoms in total. The summed E-state index contributed by atoms with van der Waals surface area (Å²) in [6.07, 6.45) is -1.97. The monoisotopic (exact) mass is 718 g/mol. The van der Waals surface area contributed by atoms with Gasteiger partial charge in [-0.1, -0.05) is 62.3 Å². The van der Waals surface area contributed by atoms with Crippen molar-refractivity contribution in [3.63, 3.8) is 0 Å². The second-order valence-electron chi connectivity index (χ2n) is 15.8. The molecule has 0 saturated carbocycles. The Morgan fingerprint density at radius 2 is 0.980 bits per heavy atom. The van der Waals surface area contributed by atoms with Crippen LogP contribution in [0.5, 0.6) is 0 Å². The third-order valence-electron chi connectivity index (χ3n) is 8.60. The molecule has 16 heteroatoms. The zero-order valence-electron chi connectivity index (χ0n) is 31.7. The van der Waals surface area contributed by atoms with Crippen molar-refractivity contribution in [2.75, 3.05) is 39.5 Å². The molecule has 0 fully saturated rings. The Balaban J connectivity index is 4.49. The number of carbonyl (C=O) groups excluding carboxylic acids is 3. The molecule has 0 bridgehead atoms. The van der Waals surface area contributed by atoms with Crippen LogP contribution in [-0.2, 0) is 33.4 Å². The van der Waals surface area contributed by atoms with Gasteiger partial charge in [0, 0.05) is 31.3 Å². The number of ether oxygens (including phenoxy) is 3. The van der Waals surface area contributed by atoms with Crippen LogP contribution in [0.25, 0.3) is 0 Å². The van der Waals surface area contributed by atoms with Gasteiger partial charge in [-0.2, -0.15) is 0 Å². The number of urea groups is 1. The van der Waals surface area contributed by atoms with Gasteiger partial charge >= 0.3 is 30.0 Å². The molecular weight excluding hydrogens is 656 g/mol. The highest BCUT2D eigenvalue weighted by molar-refractivity contribution is 5.86. The SMILES string of the molecule is CC(C)(C)C(C(C)(C)C)(C(C)(C)C)C(C)(C)OC(=O)NCCOCCOCCNC(=O)CC[C@H](NC(=O)N[C@@H](CCC(=O)O)C(=O)O)C(=O)O. The zero-order chi connectivity index (χ0) is 39.1. The summed E-state index contributed by atoms with van der Waals surface area (Å²) in [7, 11) is 0. The van der Waals surface area contributed by atoms with Crippen LogP contribution in [0.1, 0.15) is 102 Å². The van der Waals surface area contributed by atoms with Gasteiger partial charge in [0.15, 0.2) is 0 Å². The normalized spacial score (nSPS) is 13.8. The highest BCUT2D eigenvalue weighted by Gasteiger charge is 2.66. The lowest BCUT2D eigenvalue weighted by molar-refractivity contribution is -0.235. The number of carboxylic acid groups (broad SMARTS) is 3. The fourth-order valence-electron chi connectivity index (χ4n) is 8.74. The minimum absolute atomic E-state index is 0.136. The Labute approximate surface area is 296 Å². The third-order valence-corrected chi connectivity index (χ3v) is 8.60. The van der Waals surface area contributed by atoms with Gasteiger partial charge in [-0.15, -0.1) is 0 Å². The third kappa shape index (κ3) is 14.3. The maximum atomic E-state index is 12.9. The molecule has 0 rings (SSSR count). The number of carbonyl (C=O) groups is 6. The first-order valence-corrected chi connectivity index (χ1v) is 16.8. The Bertz CT molecular complexity index is 1120. The summed E-state index contributed by atoms with van der Waals surface area (Å²) in [5, 5.41) is 36.6. The number of carboxylic acids is 3. The number of hydrogen-bond donors (Lipinski definition) is 7. The zero-order valence-corrected chi connectivity index (χ0v) is 31.7. The van der Waals surface area contributed by atoms with E-state index in [1.807, 2.05) is 19.2 Å². The quantitative estimate of drug-likeness (QED) is 0.0843. The smallest absolute Gasteiger partial charge is 0.407 e. The molecule has 0 spiro atoms. The fraction of sp³-hybridized carbons (Fsp3) is 0.824. The Hall–Kier alpha value is -3.66. The van der Waals surface area contributed by atoms with Crippen molar-refractivity contribution in [3.05, 3.63) is 0 Å². The van der Waals surface area contributed by atoms with Gasteiger partial charge < -0.3 is 50.8 Å². The lowest BCUT2D eigenvalue weighted by Gasteiger charge is -2.67. The van der Waals surface area contributed by atoms with Crippen molar-refractivity contribution in [3.8, 4) is 0 Å². The van der Waals surface area contributed by atoms with Crippen LogP contribution in [0.3, 0.4) is 0 Å². The van der Waals surface area contributed by atoms with Crippen LogP contribution in [0.15, 0.2) is 0 Å². The van der Waals surface area contributed by atoms with E-state index in [2.05, 4.69) is 78.3 Å². The van der Waals surface area contributed by atoms with E-state index in [-0.39, 0.29) is 68.6 Å². The van der Waals surface area contributed by atoms with Crippen LogP contribution < -0.4 is 21.3 Å². The van der Waals surface area contributed by atoms with E-state index >= 15 is 0 Å². The molecular formula is C34H62N4O12. The van der Waals surface area contributed by atoms with Crippen LogP contribution >= 0.6 is 0 Å². The van der Waals surface area contributed by atoms with Crippen molar-refractivity contribution >= 4 is 35.9 Å². The van der Waals surface area contributed by atoms with Crippen molar-refractivity contribution in [2.45, 2.75) is 120 Å². The molecule has 0 radical (unpaired) electrons. The molecule has 0 aliphatic rings. The van der Waals surface area contributed by atoms with Gasteiger partial charge in [-0.05, 0) is 42.9 Å². The molecule has 0 aliphatic carbocycles. The number of amides is 4. The predicted molar refractivity (Wildman–Crippen MR) is 185 cm³/mol. The predicted octanol–water partition coefficient (Wildman–Crippen LogP) is 3.62. The average Bonchev–Trinajstić information content (AvgIpc) is 2.90. The largest absolute Gasteiger partial charge is 0.481 e. The van der Waals surface area contributed by atoms with Crippen LogP contribution in [0.4, 0.5) is 9.59 Å². The lowest BCUT2D eigenvalue weighted by Crippen LogP contribution is -2.67. The summed E-state index contributed by atoms with van der Waals surface area (Å²) >= 11 is 0. The molecule has 50 heavy (non-hydrogen) atoms. The summed E-state index contributed by atoms with van der Waals surface area (Å²) in [6.45, 7) is 24.9. The van der Waals surface area contributed by atoms with E-state index in [4.69, 9.17) is 24.4 Å². The molecule has 0 aromatic rings. The number of alkyl carbamates (subject to hydrolysis) is 1.